The van der Waals surface area contributed by atoms with Crippen LogP contribution < -0.4 is 5.32 Å². The zero-order valence-electron chi connectivity index (χ0n) is 8.82. The van der Waals surface area contributed by atoms with E-state index in [2.05, 4.69) is 15.5 Å². The smallest absolute Gasteiger partial charge is 0.138 e. The fraction of sp³-hybridized carbons (Fsp3) is 0.273. The highest BCUT2D eigenvalue weighted by molar-refractivity contribution is 5.42. The third-order valence-corrected chi connectivity index (χ3v) is 2.33. The summed E-state index contributed by atoms with van der Waals surface area (Å²) in [6, 6.07) is 3.86. The van der Waals surface area contributed by atoms with Crippen LogP contribution in [0.1, 0.15) is 17.0 Å². The van der Waals surface area contributed by atoms with E-state index in [0.29, 0.717) is 0 Å². The minimum Gasteiger partial charge on any atom is -0.381 e. The lowest BCUT2D eigenvalue weighted by Crippen LogP contribution is -2.01. The van der Waals surface area contributed by atoms with Crippen molar-refractivity contribution in [3.8, 4) is 0 Å². The topological polar surface area (TPSA) is 51.0 Å². The molecule has 4 heteroatoms. The van der Waals surface area contributed by atoms with E-state index >= 15 is 0 Å². The summed E-state index contributed by atoms with van der Waals surface area (Å²) in [7, 11) is 0. The van der Waals surface area contributed by atoms with Gasteiger partial charge in [0.1, 0.15) is 5.76 Å². The van der Waals surface area contributed by atoms with Crippen molar-refractivity contribution in [3.63, 3.8) is 0 Å². The number of pyridine rings is 1. The van der Waals surface area contributed by atoms with Crippen LogP contribution in [0.4, 0.5) is 5.69 Å². The van der Waals surface area contributed by atoms with Gasteiger partial charge in [-0.15, -0.1) is 0 Å². The number of rotatable bonds is 3. The minimum atomic E-state index is 0.727. The van der Waals surface area contributed by atoms with Crippen LogP contribution in [0.2, 0.25) is 0 Å². The SMILES string of the molecule is Cc1noc(C)c1CNc1ccncc1. The summed E-state index contributed by atoms with van der Waals surface area (Å²) in [6.07, 6.45) is 3.52. The van der Waals surface area contributed by atoms with E-state index in [0.717, 1.165) is 29.2 Å². The largest absolute Gasteiger partial charge is 0.381 e. The highest BCUT2D eigenvalue weighted by atomic mass is 16.5. The van der Waals surface area contributed by atoms with Gasteiger partial charge in [0.2, 0.25) is 0 Å². The van der Waals surface area contributed by atoms with Gasteiger partial charge in [-0.25, -0.2) is 0 Å². The Kier molecular flexibility index (Phi) is 2.67. The molecule has 0 amide bonds. The molecule has 0 atom stereocenters. The van der Waals surface area contributed by atoms with Gasteiger partial charge in [0.25, 0.3) is 0 Å². The summed E-state index contributed by atoms with van der Waals surface area (Å²) in [5.41, 5.74) is 3.10. The lowest BCUT2D eigenvalue weighted by atomic mass is 10.2. The van der Waals surface area contributed by atoms with Gasteiger partial charge >= 0.3 is 0 Å². The van der Waals surface area contributed by atoms with Gasteiger partial charge in [-0.05, 0) is 26.0 Å². The summed E-state index contributed by atoms with van der Waals surface area (Å²) in [5, 5.41) is 7.19. The molecular formula is C11H13N3O. The Labute approximate surface area is 88.3 Å². The van der Waals surface area contributed by atoms with Crippen molar-refractivity contribution in [2.75, 3.05) is 5.32 Å². The van der Waals surface area contributed by atoms with Gasteiger partial charge in [-0.1, -0.05) is 5.16 Å². The highest BCUT2D eigenvalue weighted by Gasteiger charge is 2.07. The normalized spacial score (nSPS) is 10.3. The second-order valence-corrected chi connectivity index (χ2v) is 3.39. The Balaban J connectivity index is 2.05. The molecule has 2 heterocycles. The van der Waals surface area contributed by atoms with Crippen LogP contribution in [-0.2, 0) is 6.54 Å². The molecule has 4 nitrogen and oxygen atoms in total. The van der Waals surface area contributed by atoms with Crippen molar-refractivity contribution in [2.45, 2.75) is 20.4 Å². The summed E-state index contributed by atoms with van der Waals surface area (Å²) >= 11 is 0. The number of nitrogens with zero attached hydrogens (tertiary/aromatic N) is 2. The molecule has 2 aromatic rings. The molecule has 0 fully saturated rings. The predicted molar refractivity (Wildman–Crippen MR) is 57.5 cm³/mol. The van der Waals surface area contributed by atoms with Crippen LogP contribution in [-0.4, -0.2) is 10.1 Å². The molecule has 15 heavy (non-hydrogen) atoms. The standard InChI is InChI=1S/C11H13N3O/c1-8-11(9(2)15-14-8)7-13-10-3-5-12-6-4-10/h3-6H,7H2,1-2H3,(H,12,13). The maximum atomic E-state index is 5.08. The van der Waals surface area contributed by atoms with E-state index < -0.39 is 0 Å². The lowest BCUT2D eigenvalue weighted by Gasteiger charge is -2.04. The number of nitrogens with one attached hydrogen (secondary N) is 1. The van der Waals surface area contributed by atoms with Gasteiger partial charge < -0.3 is 9.84 Å². The van der Waals surface area contributed by atoms with E-state index in [-0.39, 0.29) is 0 Å². The Morgan fingerprint density at radius 2 is 2.00 bits per heavy atom. The van der Waals surface area contributed by atoms with E-state index in [1.165, 1.54) is 0 Å². The zero-order chi connectivity index (χ0) is 10.7. The molecule has 78 valence electrons. The summed E-state index contributed by atoms with van der Waals surface area (Å²) in [5.74, 6) is 0.869. The van der Waals surface area contributed by atoms with Crippen molar-refractivity contribution in [3.05, 3.63) is 41.5 Å². The number of hydrogen-bond donors (Lipinski definition) is 1. The first kappa shape index (κ1) is 9.71. The van der Waals surface area contributed by atoms with Crippen molar-refractivity contribution in [1.82, 2.24) is 10.1 Å². The molecule has 0 aromatic carbocycles. The molecule has 2 aromatic heterocycles. The second kappa shape index (κ2) is 4.13. The average Bonchev–Trinajstić information content (AvgIpc) is 2.58. The molecule has 0 spiro atoms. The molecule has 0 saturated heterocycles. The summed E-state index contributed by atoms with van der Waals surface area (Å²) < 4.78 is 5.08. The molecular weight excluding hydrogens is 190 g/mol. The minimum absolute atomic E-state index is 0.727. The highest BCUT2D eigenvalue weighted by Crippen LogP contribution is 2.14. The average molecular weight is 203 g/mol. The van der Waals surface area contributed by atoms with Gasteiger partial charge in [0.05, 0.1) is 5.69 Å². The van der Waals surface area contributed by atoms with Crippen LogP contribution in [0, 0.1) is 13.8 Å². The van der Waals surface area contributed by atoms with Crippen molar-refractivity contribution < 1.29 is 4.52 Å². The molecule has 0 bridgehead atoms. The van der Waals surface area contributed by atoms with Gasteiger partial charge in [-0.2, -0.15) is 0 Å². The maximum Gasteiger partial charge on any atom is 0.138 e. The van der Waals surface area contributed by atoms with Crippen LogP contribution in [0.5, 0.6) is 0 Å². The monoisotopic (exact) mass is 203 g/mol. The zero-order valence-corrected chi connectivity index (χ0v) is 8.82. The first-order valence-electron chi connectivity index (χ1n) is 4.83. The number of anilines is 1. The Morgan fingerprint density at radius 1 is 1.27 bits per heavy atom. The molecule has 0 saturated carbocycles. The van der Waals surface area contributed by atoms with Crippen molar-refractivity contribution in [1.29, 1.82) is 0 Å². The summed E-state index contributed by atoms with van der Waals surface area (Å²) in [4.78, 5) is 3.95. The molecule has 0 aliphatic carbocycles. The number of hydrogen-bond acceptors (Lipinski definition) is 4. The van der Waals surface area contributed by atoms with E-state index in [1.807, 2.05) is 26.0 Å². The Hall–Kier alpha value is -1.84. The van der Waals surface area contributed by atoms with E-state index in [9.17, 15) is 0 Å². The molecule has 0 unspecified atom stereocenters. The van der Waals surface area contributed by atoms with Crippen LogP contribution >= 0.6 is 0 Å². The van der Waals surface area contributed by atoms with Gasteiger partial charge in [0.15, 0.2) is 0 Å². The quantitative estimate of drug-likeness (QED) is 0.831. The molecule has 0 aliphatic rings. The Bertz CT molecular complexity index is 417. The molecule has 1 N–H and O–H groups in total. The first-order chi connectivity index (χ1) is 7.27. The van der Waals surface area contributed by atoms with E-state index in [4.69, 9.17) is 4.52 Å². The van der Waals surface area contributed by atoms with Crippen LogP contribution in [0.25, 0.3) is 0 Å². The molecule has 0 radical (unpaired) electrons. The van der Waals surface area contributed by atoms with Crippen LogP contribution in [0.3, 0.4) is 0 Å². The number of aromatic nitrogens is 2. The molecule has 0 aliphatic heterocycles. The number of aryl methyl sites for hydroxylation is 2. The third-order valence-electron chi connectivity index (χ3n) is 2.33. The predicted octanol–water partition coefficient (Wildman–Crippen LogP) is 2.30. The van der Waals surface area contributed by atoms with Crippen molar-refractivity contribution in [2.24, 2.45) is 0 Å². The van der Waals surface area contributed by atoms with Crippen molar-refractivity contribution >= 4 is 5.69 Å². The van der Waals surface area contributed by atoms with Crippen LogP contribution in [0.15, 0.2) is 29.0 Å². The second-order valence-electron chi connectivity index (χ2n) is 3.39. The fourth-order valence-electron chi connectivity index (χ4n) is 1.41. The summed E-state index contributed by atoms with van der Waals surface area (Å²) in [6.45, 7) is 4.59. The first-order valence-corrected chi connectivity index (χ1v) is 4.83. The third kappa shape index (κ3) is 2.15. The maximum absolute atomic E-state index is 5.08. The lowest BCUT2D eigenvalue weighted by molar-refractivity contribution is 0.392. The molecule has 2 rings (SSSR count). The van der Waals surface area contributed by atoms with E-state index in [1.54, 1.807) is 12.4 Å². The Morgan fingerprint density at radius 3 is 2.60 bits per heavy atom. The van der Waals surface area contributed by atoms with Gasteiger partial charge in [-0.3, -0.25) is 4.98 Å². The fourth-order valence-corrected chi connectivity index (χ4v) is 1.41. The van der Waals surface area contributed by atoms with Gasteiger partial charge in [0, 0.05) is 30.2 Å².